The fraction of sp³-hybridized carbons (Fsp3) is 0.667. The predicted molar refractivity (Wildman–Crippen MR) is 83.2 cm³/mol. The Hall–Kier alpha value is -1.07. The van der Waals surface area contributed by atoms with E-state index in [0.29, 0.717) is 18.0 Å². The van der Waals surface area contributed by atoms with Crippen molar-refractivity contribution in [3.63, 3.8) is 0 Å². The Kier molecular flexibility index (Phi) is 4.00. The summed E-state index contributed by atoms with van der Waals surface area (Å²) < 4.78 is 39.3. The van der Waals surface area contributed by atoms with Crippen LogP contribution in [0.25, 0.3) is 0 Å². The third kappa shape index (κ3) is 2.89. The third-order valence-corrected chi connectivity index (χ3v) is 5.82. The molecular weight excluding hydrogens is 303 g/mol. The van der Waals surface area contributed by atoms with E-state index in [4.69, 9.17) is 0 Å². The second-order valence-electron chi connectivity index (χ2n) is 7.51. The molecule has 5 heteroatoms. The first-order chi connectivity index (χ1) is 10.6. The minimum absolute atomic E-state index is 0.365. The van der Waals surface area contributed by atoms with Crippen LogP contribution in [0.2, 0.25) is 0 Å². The van der Waals surface area contributed by atoms with E-state index in [9.17, 15) is 18.3 Å². The quantitative estimate of drug-likeness (QED) is 0.888. The lowest BCUT2D eigenvalue weighted by molar-refractivity contribution is -0.137. The van der Waals surface area contributed by atoms with Gasteiger partial charge in [-0.25, -0.2) is 0 Å². The van der Waals surface area contributed by atoms with Gasteiger partial charge in [-0.1, -0.05) is 18.2 Å². The summed E-state index contributed by atoms with van der Waals surface area (Å²) in [5.74, 6) is 0. The number of alkyl halides is 3. The van der Waals surface area contributed by atoms with Crippen molar-refractivity contribution in [3.8, 4) is 0 Å². The van der Waals surface area contributed by atoms with E-state index in [1.807, 2.05) is 0 Å². The van der Waals surface area contributed by atoms with Crippen LogP contribution >= 0.6 is 0 Å². The highest BCUT2D eigenvalue weighted by Crippen LogP contribution is 2.48. The van der Waals surface area contributed by atoms with Crippen molar-refractivity contribution in [1.29, 1.82) is 0 Å². The number of piperidine rings is 1. The lowest BCUT2D eigenvalue weighted by Crippen LogP contribution is -2.56. The molecule has 2 aliphatic rings. The SMILES string of the molecule is CC(C)(O)C1(c2cccc(C(F)(F)F)c2)CCN2CCCC2C1. The van der Waals surface area contributed by atoms with Crippen LogP contribution in [0.1, 0.15) is 50.7 Å². The summed E-state index contributed by atoms with van der Waals surface area (Å²) in [6, 6.07) is 5.92. The molecule has 128 valence electrons. The second kappa shape index (κ2) is 5.49. The predicted octanol–water partition coefficient (Wildman–Crippen LogP) is 3.97. The highest BCUT2D eigenvalue weighted by atomic mass is 19.4. The van der Waals surface area contributed by atoms with E-state index < -0.39 is 22.8 Å². The molecule has 2 unspecified atom stereocenters. The Bertz CT molecular complexity index is 578. The van der Waals surface area contributed by atoms with Crippen LogP contribution in [-0.4, -0.2) is 34.7 Å². The van der Waals surface area contributed by atoms with Gasteiger partial charge in [0.05, 0.1) is 11.2 Å². The molecule has 0 bridgehead atoms. The fourth-order valence-corrected chi connectivity index (χ4v) is 4.42. The smallest absolute Gasteiger partial charge is 0.390 e. The average Bonchev–Trinajstić information content (AvgIpc) is 2.92. The highest BCUT2D eigenvalue weighted by molar-refractivity contribution is 5.35. The highest BCUT2D eigenvalue weighted by Gasteiger charge is 2.51. The molecule has 0 amide bonds. The van der Waals surface area contributed by atoms with Gasteiger partial charge in [0.2, 0.25) is 0 Å². The number of rotatable bonds is 2. The van der Waals surface area contributed by atoms with E-state index in [0.717, 1.165) is 38.4 Å². The maximum atomic E-state index is 13.1. The summed E-state index contributed by atoms with van der Waals surface area (Å²) in [4.78, 5) is 2.41. The Labute approximate surface area is 135 Å². The third-order valence-electron chi connectivity index (χ3n) is 5.82. The van der Waals surface area contributed by atoms with E-state index in [1.165, 1.54) is 12.1 Å². The molecular formula is C18H24F3NO. The molecule has 2 saturated heterocycles. The largest absolute Gasteiger partial charge is 0.416 e. The topological polar surface area (TPSA) is 23.5 Å². The molecule has 2 atom stereocenters. The minimum Gasteiger partial charge on any atom is -0.390 e. The molecule has 2 nitrogen and oxygen atoms in total. The second-order valence-corrected chi connectivity index (χ2v) is 7.51. The lowest BCUT2D eigenvalue weighted by atomic mass is 9.61. The average molecular weight is 327 g/mol. The van der Waals surface area contributed by atoms with Crippen LogP contribution in [0.3, 0.4) is 0 Å². The Morgan fingerprint density at radius 1 is 1.22 bits per heavy atom. The number of hydrogen-bond donors (Lipinski definition) is 1. The molecule has 1 aromatic carbocycles. The van der Waals surface area contributed by atoms with Gasteiger partial charge in [-0.3, -0.25) is 0 Å². The summed E-state index contributed by atoms with van der Waals surface area (Å²) in [5, 5.41) is 10.9. The number of hydrogen-bond acceptors (Lipinski definition) is 2. The van der Waals surface area contributed by atoms with E-state index in [2.05, 4.69) is 4.90 Å². The molecule has 0 spiro atoms. The van der Waals surface area contributed by atoms with Crippen molar-refractivity contribution in [2.24, 2.45) is 0 Å². The molecule has 23 heavy (non-hydrogen) atoms. The van der Waals surface area contributed by atoms with Crippen LogP contribution in [0, 0.1) is 0 Å². The molecule has 1 N–H and O–H groups in total. The maximum Gasteiger partial charge on any atom is 0.416 e. The first-order valence-corrected chi connectivity index (χ1v) is 8.28. The molecule has 0 aromatic heterocycles. The first-order valence-electron chi connectivity index (χ1n) is 8.28. The van der Waals surface area contributed by atoms with Gasteiger partial charge in [0.15, 0.2) is 0 Å². The van der Waals surface area contributed by atoms with Gasteiger partial charge in [0, 0.05) is 11.5 Å². The molecule has 2 heterocycles. The van der Waals surface area contributed by atoms with Crippen LogP contribution in [-0.2, 0) is 11.6 Å². The van der Waals surface area contributed by atoms with Crippen LogP contribution in [0.4, 0.5) is 13.2 Å². The first kappa shape index (κ1) is 16.8. The van der Waals surface area contributed by atoms with Gasteiger partial charge in [-0.15, -0.1) is 0 Å². The molecule has 3 rings (SSSR count). The zero-order valence-corrected chi connectivity index (χ0v) is 13.7. The molecule has 0 aliphatic carbocycles. The number of fused-ring (bicyclic) bond motifs is 1. The number of benzene rings is 1. The van der Waals surface area contributed by atoms with Crippen LogP contribution < -0.4 is 0 Å². The van der Waals surface area contributed by atoms with Gasteiger partial charge in [0.1, 0.15) is 0 Å². The summed E-state index contributed by atoms with van der Waals surface area (Å²) in [6.45, 7) is 5.37. The normalized spacial score (nSPS) is 29.6. The molecule has 2 aliphatic heterocycles. The summed E-state index contributed by atoms with van der Waals surface area (Å²) >= 11 is 0. The van der Waals surface area contributed by atoms with Crippen molar-refractivity contribution in [3.05, 3.63) is 35.4 Å². The van der Waals surface area contributed by atoms with Crippen molar-refractivity contribution in [2.45, 2.75) is 62.8 Å². The number of nitrogens with zero attached hydrogens (tertiary/aromatic N) is 1. The Balaban J connectivity index is 2.04. The van der Waals surface area contributed by atoms with Crippen LogP contribution in [0.15, 0.2) is 24.3 Å². The monoisotopic (exact) mass is 327 g/mol. The standard InChI is InChI=1S/C18H24F3NO/c1-16(2,23)17(8-10-22-9-4-7-15(22)12-17)13-5-3-6-14(11-13)18(19,20)21/h3,5-6,11,15,23H,4,7-10,12H2,1-2H3. The van der Waals surface area contributed by atoms with E-state index >= 15 is 0 Å². The van der Waals surface area contributed by atoms with Crippen molar-refractivity contribution < 1.29 is 18.3 Å². The minimum atomic E-state index is -4.36. The van der Waals surface area contributed by atoms with Crippen molar-refractivity contribution in [2.75, 3.05) is 13.1 Å². The van der Waals surface area contributed by atoms with Gasteiger partial charge >= 0.3 is 6.18 Å². The zero-order valence-electron chi connectivity index (χ0n) is 13.7. The van der Waals surface area contributed by atoms with E-state index in [1.54, 1.807) is 19.9 Å². The number of aliphatic hydroxyl groups is 1. The fourth-order valence-electron chi connectivity index (χ4n) is 4.42. The molecule has 0 radical (unpaired) electrons. The summed E-state index contributed by atoms with van der Waals surface area (Å²) in [7, 11) is 0. The van der Waals surface area contributed by atoms with Gasteiger partial charge in [0.25, 0.3) is 0 Å². The molecule has 2 fully saturated rings. The van der Waals surface area contributed by atoms with Crippen molar-refractivity contribution >= 4 is 0 Å². The van der Waals surface area contributed by atoms with Crippen molar-refractivity contribution in [1.82, 2.24) is 4.90 Å². The molecule has 0 saturated carbocycles. The number of halogens is 3. The Morgan fingerprint density at radius 3 is 2.61 bits per heavy atom. The Morgan fingerprint density at radius 2 is 1.96 bits per heavy atom. The van der Waals surface area contributed by atoms with Crippen LogP contribution in [0.5, 0.6) is 0 Å². The zero-order chi connectivity index (χ0) is 16.9. The molecule has 1 aromatic rings. The van der Waals surface area contributed by atoms with Gasteiger partial charge in [-0.2, -0.15) is 13.2 Å². The summed E-state index contributed by atoms with van der Waals surface area (Å²) in [6.07, 6.45) is -0.747. The maximum absolute atomic E-state index is 13.1. The summed E-state index contributed by atoms with van der Waals surface area (Å²) in [5.41, 5.74) is -1.70. The van der Waals surface area contributed by atoms with E-state index in [-0.39, 0.29) is 0 Å². The lowest BCUT2D eigenvalue weighted by Gasteiger charge is -2.51. The van der Waals surface area contributed by atoms with Gasteiger partial charge < -0.3 is 10.0 Å². The van der Waals surface area contributed by atoms with Gasteiger partial charge in [-0.05, 0) is 64.3 Å².